The second-order valence-electron chi connectivity index (χ2n) is 6.03. The summed E-state index contributed by atoms with van der Waals surface area (Å²) in [5.74, 6) is 0.379. The molecule has 0 radical (unpaired) electrons. The topological polar surface area (TPSA) is 17.1 Å². The van der Waals surface area contributed by atoms with Crippen LogP contribution in [0.15, 0.2) is 66.7 Å². The molecule has 3 aromatic rings. The van der Waals surface area contributed by atoms with Crippen molar-refractivity contribution < 1.29 is 4.79 Å². The number of allylic oxidation sites excluding steroid dienone is 1. The van der Waals surface area contributed by atoms with E-state index in [1.807, 2.05) is 19.1 Å². The molecule has 0 saturated heterocycles. The van der Waals surface area contributed by atoms with Crippen LogP contribution < -0.4 is 0 Å². The number of carbonyl (C=O) groups is 1. The molecular formula is C22H18O. The fraction of sp³-hybridized carbons (Fsp3) is 0.136. The second-order valence-corrected chi connectivity index (χ2v) is 6.03. The molecule has 1 aliphatic carbocycles. The smallest absolute Gasteiger partial charge is 0.162 e. The van der Waals surface area contributed by atoms with E-state index in [2.05, 4.69) is 60.7 Å². The molecule has 1 atom stereocenters. The first-order valence-electron chi connectivity index (χ1n) is 8.11. The fourth-order valence-electron chi connectivity index (χ4n) is 3.47. The summed E-state index contributed by atoms with van der Waals surface area (Å²) in [5.41, 5.74) is 4.52. The average molecular weight is 298 g/mol. The van der Waals surface area contributed by atoms with Gasteiger partial charge in [0.15, 0.2) is 5.78 Å². The summed E-state index contributed by atoms with van der Waals surface area (Å²) in [6.45, 7) is 1.93. The van der Waals surface area contributed by atoms with Crippen molar-refractivity contribution in [2.45, 2.75) is 19.3 Å². The Hall–Kier alpha value is -2.67. The fourth-order valence-corrected chi connectivity index (χ4v) is 3.47. The van der Waals surface area contributed by atoms with Gasteiger partial charge in [0.2, 0.25) is 0 Å². The molecule has 1 heteroatoms. The Balaban J connectivity index is 1.95. The lowest BCUT2D eigenvalue weighted by Gasteiger charge is -2.17. The number of benzene rings is 3. The number of rotatable bonds is 3. The van der Waals surface area contributed by atoms with Gasteiger partial charge in [-0.15, -0.1) is 0 Å². The molecule has 1 unspecified atom stereocenters. The zero-order valence-corrected chi connectivity index (χ0v) is 13.1. The molecule has 23 heavy (non-hydrogen) atoms. The molecule has 0 saturated carbocycles. The molecule has 112 valence electrons. The lowest BCUT2D eigenvalue weighted by molar-refractivity contribution is 0.0987. The van der Waals surface area contributed by atoms with Crippen molar-refractivity contribution in [3.8, 4) is 0 Å². The molecule has 0 fully saturated rings. The predicted molar refractivity (Wildman–Crippen MR) is 95.9 cm³/mol. The van der Waals surface area contributed by atoms with E-state index in [9.17, 15) is 4.79 Å². The molecule has 0 N–H and O–H groups in total. The lowest BCUT2D eigenvalue weighted by atomic mass is 9.86. The van der Waals surface area contributed by atoms with Gasteiger partial charge in [-0.2, -0.15) is 0 Å². The van der Waals surface area contributed by atoms with Gasteiger partial charge in [-0.3, -0.25) is 4.79 Å². The zero-order chi connectivity index (χ0) is 15.8. The van der Waals surface area contributed by atoms with E-state index >= 15 is 0 Å². The van der Waals surface area contributed by atoms with Crippen LogP contribution in [0.3, 0.4) is 0 Å². The van der Waals surface area contributed by atoms with E-state index in [4.69, 9.17) is 0 Å². The molecule has 0 aliphatic heterocycles. The highest BCUT2D eigenvalue weighted by atomic mass is 16.1. The minimum absolute atomic E-state index is 0.168. The third-order valence-electron chi connectivity index (χ3n) is 4.67. The third-order valence-corrected chi connectivity index (χ3v) is 4.67. The Morgan fingerprint density at radius 1 is 0.913 bits per heavy atom. The largest absolute Gasteiger partial charge is 0.294 e. The van der Waals surface area contributed by atoms with Crippen LogP contribution in [0.5, 0.6) is 0 Å². The second kappa shape index (κ2) is 5.51. The first kappa shape index (κ1) is 14.0. The van der Waals surface area contributed by atoms with Gasteiger partial charge < -0.3 is 0 Å². The van der Waals surface area contributed by atoms with Crippen molar-refractivity contribution in [3.05, 3.63) is 89.0 Å². The van der Waals surface area contributed by atoms with Crippen molar-refractivity contribution in [3.63, 3.8) is 0 Å². The lowest BCUT2D eigenvalue weighted by Crippen LogP contribution is -2.06. The summed E-state index contributed by atoms with van der Waals surface area (Å²) in [7, 11) is 0. The normalized spacial score (nSPS) is 15.8. The summed E-state index contributed by atoms with van der Waals surface area (Å²) in [6, 6.07) is 20.9. The zero-order valence-electron chi connectivity index (χ0n) is 13.1. The maximum absolute atomic E-state index is 12.5. The minimum Gasteiger partial charge on any atom is -0.294 e. The number of carbonyl (C=O) groups excluding carboxylic acids is 1. The SMILES string of the molecule is CCC(=O)c1cc2ccccc2cc1C1C=Cc2ccccc21. The van der Waals surface area contributed by atoms with Crippen LogP contribution in [0.4, 0.5) is 0 Å². The average Bonchev–Trinajstić information content (AvgIpc) is 3.04. The molecule has 3 aromatic carbocycles. The van der Waals surface area contributed by atoms with Crippen LogP contribution in [0.1, 0.15) is 46.3 Å². The number of hydrogen-bond acceptors (Lipinski definition) is 1. The molecule has 1 nitrogen and oxygen atoms in total. The molecule has 0 bridgehead atoms. The van der Waals surface area contributed by atoms with Crippen molar-refractivity contribution in [2.24, 2.45) is 0 Å². The molecular weight excluding hydrogens is 280 g/mol. The molecule has 4 rings (SSSR count). The maximum Gasteiger partial charge on any atom is 0.162 e. The van der Waals surface area contributed by atoms with Crippen molar-refractivity contribution >= 4 is 22.6 Å². The first-order chi connectivity index (χ1) is 11.3. The van der Waals surface area contributed by atoms with E-state index in [1.165, 1.54) is 16.5 Å². The van der Waals surface area contributed by atoms with Gasteiger partial charge in [0.05, 0.1) is 0 Å². The Bertz CT molecular complexity index is 934. The number of ketones is 1. The van der Waals surface area contributed by atoms with E-state index in [0.717, 1.165) is 16.5 Å². The standard InChI is InChI=1S/C22H18O/c1-2-22(23)21-14-17-9-4-3-8-16(17)13-20(21)19-12-11-15-7-5-6-10-18(15)19/h3-14,19H,2H2,1H3. The molecule has 0 aromatic heterocycles. The van der Waals surface area contributed by atoms with Gasteiger partial charge in [-0.05, 0) is 39.6 Å². The summed E-state index contributed by atoms with van der Waals surface area (Å²) in [5, 5.41) is 2.32. The predicted octanol–water partition coefficient (Wildman–Crippen LogP) is 5.59. The Labute approximate surface area is 136 Å². The Morgan fingerprint density at radius 3 is 2.39 bits per heavy atom. The van der Waals surface area contributed by atoms with Crippen LogP contribution in [-0.2, 0) is 0 Å². The van der Waals surface area contributed by atoms with Gasteiger partial charge in [0.1, 0.15) is 0 Å². The first-order valence-corrected chi connectivity index (χ1v) is 8.11. The number of fused-ring (bicyclic) bond motifs is 2. The van der Waals surface area contributed by atoms with Crippen molar-refractivity contribution in [1.29, 1.82) is 0 Å². The van der Waals surface area contributed by atoms with E-state index < -0.39 is 0 Å². The molecule has 0 amide bonds. The summed E-state index contributed by atoms with van der Waals surface area (Å²) >= 11 is 0. The van der Waals surface area contributed by atoms with Crippen LogP contribution in [0.2, 0.25) is 0 Å². The van der Waals surface area contributed by atoms with Gasteiger partial charge in [-0.1, -0.05) is 67.6 Å². The van der Waals surface area contributed by atoms with Crippen LogP contribution in [0.25, 0.3) is 16.8 Å². The highest BCUT2D eigenvalue weighted by Gasteiger charge is 2.23. The van der Waals surface area contributed by atoms with Crippen molar-refractivity contribution in [1.82, 2.24) is 0 Å². The van der Waals surface area contributed by atoms with E-state index in [-0.39, 0.29) is 11.7 Å². The molecule has 0 spiro atoms. The van der Waals surface area contributed by atoms with Gasteiger partial charge in [0, 0.05) is 17.9 Å². The van der Waals surface area contributed by atoms with Crippen LogP contribution in [-0.4, -0.2) is 5.78 Å². The van der Waals surface area contributed by atoms with Gasteiger partial charge >= 0.3 is 0 Å². The van der Waals surface area contributed by atoms with E-state index in [1.54, 1.807) is 0 Å². The number of Topliss-reactive ketones (excluding diaryl/α,β-unsaturated/α-hetero) is 1. The molecule has 1 aliphatic rings. The summed E-state index contributed by atoms with van der Waals surface area (Å²) < 4.78 is 0. The van der Waals surface area contributed by atoms with Crippen molar-refractivity contribution in [2.75, 3.05) is 0 Å². The quantitative estimate of drug-likeness (QED) is 0.576. The van der Waals surface area contributed by atoms with Crippen LogP contribution in [0, 0.1) is 0 Å². The molecule has 0 heterocycles. The maximum atomic E-state index is 12.5. The highest BCUT2D eigenvalue weighted by Crippen LogP contribution is 2.38. The summed E-state index contributed by atoms with van der Waals surface area (Å²) in [6.07, 6.45) is 4.90. The summed E-state index contributed by atoms with van der Waals surface area (Å²) in [4.78, 5) is 12.5. The van der Waals surface area contributed by atoms with Gasteiger partial charge in [-0.25, -0.2) is 0 Å². The minimum atomic E-state index is 0.168. The van der Waals surface area contributed by atoms with E-state index in [0.29, 0.717) is 6.42 Å². The van der Waals surface area contributed by atoms with Gasteiger partial charge in [0.25, 0.3) is 0 Å². The highest BCUT2D eigenvalue weighted by molar-refractivity contribution is 6.02. The Morgan fingerprint density at radius 2 is 1.61 bits per heavy atom. The Kier molecular flexibility index (Phi) is 3.34. The van der Waals surface area contributed by atoms with Crippen LogP contribution >= 0.6 is 0 Å². The third kappa shape index (κ3) is 2.29. The monoisotopic (exact) mass is 298 g/mol. The number of hydrogen-bond donors (Lipinski definition) is 0.